The van der Waals surface area contributed by atoms with Gasteiger partial charge in [0.1, 0.15) is 0 Å². The Balaban J connectivity index is 1.88. The SMILES string of the molecule is CCCC1CCCN(c2ccc(N)c3cccnc23)CC1. The van der Waals surface area contributed by atoms with Gasteiger partial charge in [-0.15, -0.1) is 0 Å². The fourth-order valence-electron chi connectivity index (χ4n) is 3.54. The molecular formula is C18H25N3. The molecule has 112 valence electrons. The van der Waals surface area contributed by atoms with Crippen LogP contribution < -0.4 is 10.6 Å². The van der Waals surface area contributed by atoms with Gasteiger partial charge in [-0.05, 0) is 49.4 Å². The number of nitrogens with zero attached hydrogens (tertiary/aromatic N) is 2. The molecule has 0 saturated carbocycles. The highest BCUT2D eigenvalue weighted by Gasteiger charge is 2.18. The van der Waals surface area contributed by atoms with Gasteiger partial charge in [0, 0.05) is 30.4 Å². The van der Waals surface area contributed by atoms with Crippen molar-refractivity contribution in [3.63, 3.8) is 0 Å². The van der Waals surface area contributed by atoms with Crippen LogP contribution in [-0.2, 0) is 0 Å². The summed E-state index contributed by atoms with van der Waals surface area (Å²) in [6.07, 6.45) is 8.48. The van der Waals surface area contributed by atoms with Gasteiger partial charge in [-0.1, -0.05) is 19.8 Å². The molecule has 3 nitrogen and oxygen atoms in total. The van der Waals surface area contributed by atoms with Gasteiger partial charge < -0.3 is 10.6 Å². The van der Waals surface area contributed by atoms with Gasteiger partial charge in [0.15, 0.2) is 0 Å². The van der Waals surface area contributed by atoms with Crippen molar-refractivity contribution in [2.75, 3.05) is 23.7 Å². The fourth-order valence-corrected chi connectivity index (χ4v) is 3.54. The maximum absolute atomic E-state index is 6.09. The first kappa shape index (κ1) is 14.2. The van der Waals surface area contributed by atoms with Crippen molar-refractivity contribution >= 4 is 22.3 Å². The van der Waals surface area contributed by atoms with Gasteiger partial charge in [-0.3, -0.25) is 4.98 Å². The zero-order valence-corrected chi connectivity index (χ0v) is 12.9. The molecule has 1 aliphatic heterocycles. The summed E-state index contributed by atoms with van der Waals surface area (Å²) >= 11 is 0. The van der Waals surface area contributed by atoms with E-state index >= 15 is 0 Å². The topological polar surface area (TPSA) is 42.1 Å². The summed E-state index contributed by atoms with van der Waals surface area (Å²) < 4.78 is 0. The summed E-state index contributed by atoms with van der Waals surface area (Å²) in [7, 11) is 0. The van der Waals surface area contributed by atoms with Crippen molar-refractivity contribution in [2.24, 2.45) is 5.92 Å². The third-order valence-corrected chi connectivity index (χ3v) is 4.67. The first-order valence-electron chi connectivity index (χ1n) is 8.17. The largest absolute Gasteiger partial charge is 0.398 e. The van der Waals surface area contributed by atoms with Crippen LogP contribution in [0.1, 0.15) is 39.0 Å². The summed E-state index contributed by atoms with van der Waals surface area (Å²) in [5.74, 6) is 0.896. The van der Waals surface area contributed by atoms with E-state index in [1.54, 1.807) is 0 Å². The number of nitrogen functional groups attached to an aromatic ring is 1. The molecule has 0 spiro atoms. The Labute approximate surface area is 127 Å². The lowest BCUT2D eigenvalue weighted by molar-refractivity contribution is 0.435. The quantitative estimate of drug-likeness (QED) is 0.857. The van der Waals surface area contributed by atoms with Gasteiger partial charge >= 0.3 is 0 Å². The Hall–Kier alpha value is -1.77. The van der Waals surface area contributed by atoms with Crippen LogP contribution in [0, 0.1) is 5.92 Å². The maximum atomic E-state index is 6.09. The van der Waals surface area contributed by atoms with Crippen molar-refractivity contribution in [1.82, 2.24) is 4.98 Å². The number of pyridine rings is 1. The van der Waals surface area contributed by atoms with E-state index in [-0.39, 0.29) is 0 Å². The molecule has 1 aromatic heterocycles. The van der Waals surface area contributed by atoms with Crippen molar-refractivity contribution in [3.05, 3.63) is 30.5 Å². The van der Waals surface area contributed by atoms with Crippen LogP contribution in [0.4, 0.5) is 11.4 Å². The Bertz CT molecular complexity index is 608. The first-order valence-corrected chi connectivity index (χ1v) is 8.17. The number of fused-ring (bicyclic) bond motifs is 1. The average molecular weight is 283 g/mol. The van der Waals surface area contributed by atoms with Crippen LogP contribution >= 0.6 is 0 Å². The molecule has 1 saturated heterocycles. The minimum absolute atomic E-state index is 0.820. The van der Waals surface area contributed by atoms with E-state index in [0.717, 1.165) is 35.6 Å². The fraction of sp³-hybridized carbons (Fsp3) is 0.500. The lowest BCUT2D eigenvalue weighted by atomic mass is 9.96. The van der Waals surface area contributed by atoms with Gasteiger partial charge in [0.05, 0.1) is 11.2 Å². The number of hydrogen-bond donors (Lipinski definition) is 1. The lowest BCUT2D eigenvalue weighted by Gasteiger charge is -2.24. The van der Waals surface area contributed by atoms with Gasteiger partial charge in [0.25, 0.3) is 0 Å². The number of rotatable bonds is 3. The highest BCUT2D eigenvalue weighted by atomic mass is 15.1. The number of nitrogens with two attached hydrogens (primary N) is 1. The molecule has 0 aliphatic carbocycles. The molecule has 0 radical (unpaired) electrons. The van der Waals surface area contributed by atoms with E-state index in [1.807, 2.05) is 18.3 Å². The zero-order chi connectivity index (χ0) is 14.7. The summed E-state index contributed by atoms with van der Waals surface area (Å²) in [6.45, 7) is 4.57. The van der Waals surface area contributed by atoms with Crippen LogP contribution in [0.15, 0.2) is 30.5 Å². The highest BCUT2D eigenvalue weighted by molar-refractivity contribution is 5.98. The van der Waals surface area contributed by atoms with Crippen LogP contribution in [0.2, 0.25) is 0 Å². The minimum atomic E-state index is 0.820. The molecule has 0 bridgehead atoms. The van der Waals surface area contributed by atoms with Crippen molar-refractivity contribution in [2.45, 2.75) is 39.0 Å². The molecule has 2 N–H and O–H groups in total. The molecule has 1 unspecified atom stereocenters. The molecule has 21 heavy (non-hydrogen) atoms. The maximum Gasteiger partial charge on any atom is 0.0955 e. The van der Waals surface area contributed by atoms with E-state index in [9.17, 15) is 0 Å². The molecule has 1 aromatic carbocycles. The molecule has 1 aliphatic rings. The lowest BCUT2D eigenvalue weighted by Crippen LogP contribution is -2.24. The third kappa shape index (κ3) is 2.97. The van der Waals surface area contributed by atoms with E-state index < -0.39 is 0 Å². The predicted octanol–water partition coefficient (Wildman–Crippen LogP) is 4.22. The Morgan fingerprint density at radius 1 is 1.24 bits per heavy atom. The zero-order valence-electron chi connectivity index (χ0n) is 12.9. The molecule has 1 fully saturated rings. The third-order valence-electron chi connectivity index (χ3n) is 4.67. The average Bonchev–Trinajstić information content (AvgIpc) is 2.74. The van der Waals surface area contributed by atoms with E-state index in [0.29, 0.717) is 0 Å². The summed E-state index contributed by atoms with van der Waals surface area (Å²) in [4.78, 5) is 7.09. The summed E-state index contributed by atoms with van der Waals surface area (Å²) in [5.41, 5.74) is 9.20. The first-order chi connectivity index (χ1) is 10.3. The number of benzene rings is 1. The minimum Gasteiger partial charge on any atom is -0.398 e. The standard InChI is InChI=1S/C18H25N3/c1-2-5-14-6-4-12-21(13-10-14)17-9-8-16(19)15-7-3-11-20-18(15)17/h3,7-9,11,14H,2,4-6,10,12-13,19H2,1H3. The molecule has 3 heteroatoms. The van der Waals surface area contributed by atoms with Gasteiger partial charge in [0.2, 0.25) is 0 Å². The second-order valence-electron chi connectivity index (χ2n) is 6.15. The Morgan fingerprint density at radius 3 is 3.00 bits per heavy atom. The molecule has 3 rings (SSSR count). The number of anilines is 2. The second kappa shape index (κ2) is 6.33. The monoisotopic (exact) mass is 283 g/mol. The Kier molecular flexibility index (Phi) is 4.28. The van der Waals surface area contributed by atoms with Crippen LogP contribution in [0.3, 0.4) is 0 Å². The van der Waals surface area contributed by atoms with E-state index in [2.05, 4.69) is 28.9 Å². The molecule has 2 heterocycles. The van der Waals surface area contributed by atoms with Crippen LogP contribution in [-0.4, -0.2) is 18.1 Å². The smallest absolute Gasteiger partial charge is 0.0955 e. The molecule has 1 atom stereocenters. The van der Waals surface area contributed by atoms with Crippen molar-refractivity contribution in [3.8, 4) is 0 Å². The van der Waals surface area contributed by atoms with Crippen molar-refractivity contribution < 1.29 is 0 Å². The summed E-state index contributed by atoms with van der Waals surface area (Å²) in [6, 6.07) is 8.19. The summed E-state index contributed by atoms with van der Waals surface area (Å²) in [5, 5.41) is 1.07. The Morgan fingerprint density at radius 2 is 2.14 bits per heavy atom. The van der Waals surface area contributed by atoms with E-state index in [4.69, 9.17) is 5.73 Å². The second-order valence-corrected chi connectivity index (χ2v) is 6.15. The van der Waals surface area contributed by atoms with Gasteiger partial charge in [-0.25, -0.2) is 0 Å². The van der Waals surface area contributed by atoms with Crippen LogP contribution in [0.5, 0.6) is 0 Å². The van der Waals surface area contributed by atoms with Gasteiger partial charge in [-0.2, -0.15) is 0 Å². The molecule has 0 amide bonds. The number of aromatic nitrogens is 1. The molecular weight excluding hydrogens is 258 g/mol. The van der Waals surface area contributed by atoms with Crippen molar-refractivity contribution in [1.29, 1.82) is 0 Å². The van der Waals surface area contributed by atoms with E-state index in [1.165, 1.54) is 37.8 Å². The normalized spacial score (nSPS) is 19.7. The predicted molar refractivity (Wildman–Crippen MR) is 90.6 cm³/mol. The highest BCUT2D eigenvalue weighted by Crippen LogP contribution is 2.32. The number of hydrogen-bond acceptors (Lipinski definition) is 3. The molecule has 2 aromatic rings. The van der Waals surface area contributed by atoms with Crippen LogP contribution in [0.25, 0.3) is 10.9 Å².